The molecule has 34 heavy (non-hydrogen) atoms. The van der Waals surface area contributed by atoms with Gasteiger partial charge in [0.2, 0.25) is 5.43 Å². The van der Waals surface area contributed by atoms with Crippen LogP contribution in [0.15, 0.2) is 41.3 Å². The molecule has 0 saturated heterocycles. The van der Waals surface area contributed by atoms with Crippen molar-refractivity contribution >= 4 is 23.0 Å². The van der Waals surface area contributed by atoms with Crippen molar-refractivity contribution in [2.24, 2.45) is 0 Å². The minimum atomic E-state index is -1.01. The molecular weight excluding hydrogens is 446 g/mol. The van der Waals surface area contributed by atoms with Gasteiger partial charge in [-0.2, -0.15) is 0 Å². The lowest BCUT2D eigenvalue weighted by atomic mass is 10.0. The third-order valence-corrected chi connectivity index (χ3v) is 4.99. The highest BCUT2D eigenvalue weighted by Gasteiger charge is 2.28. The maximum absolute atomic E-state index is 14.3. The Bertz CT molecular complexity index is 1290. The molecular formula is C25H26F2N2O5. The number of esters is 2. The topological polar surface area (TPSA) is 87.5 Å². The third kappa shape index (κ3) is 5.47. The highest BCUT2D eigenvalue weighted by atomic mass is 19.2. The average Bonchev–Trinajstić information content (AvgIpc) is 2.76. The summed E-state index contributed by atoms with van der Waals surface area (Å²) in [7, 11) is 0. The maximum Gasteiger partial charge on any atom is 0.344 e. The molecule has 0 radical (unpaired) electrons. The van der Waals surface area contributed by atoms with Crippen LogP contribution in [0.2, 0.25) is 0 Å². The van der Waals surface area contributed by atoms with Crippen LogP contribution in [-0.2, 0) is 33.7 Å². The van der Waals surface area contributed by atoms with Crippen molar-refractivity contribution in [1.29, 1.82) is 0 Å². The lowest BCUT2D eigenvalue weighted by Crippen LogP contribution is -2.32. The first-order chi connectivity index (χ1) is 16.0. The molecule has 1 aromatic carbocycles. The zero-order valence-corrected chi connectivity index (χ0v) is 19.5. The van der Waals surface area contributed by atoms with Gasteiger partial charge in [0.15, 0.2) is 11.6 Å². The van der Waals surface area contributed by atoms with Crippen LogP contribution in [0.5, 0.6) is 0 Å². The Balaban J connectivity index is 2.24. The van der Waals surface area contributed by atoms with Gasteiger partial charge in [0, 0.05) is 11.9 Å². The molecule has 180 valence electrons. The first-order valence-electron chi connectivity index (χ1n) is 10.9. The van der Waals surface area contributed by atoms with Gasteiger partial charge in [0.05, 0.1) is 12.0 Å². The predicted molar refractivity (Wildman–Crippen MR) is 122 cm³/mol. The molecule has 2 aromatic heterocycles. The number of fused-ring (bicyclic) bond motifs is 1. The minimum Gasteiger partial charge on any atom is -0.465 e. The zero-order valence-electron chi connectivity index (χ0n) is 19.5. The summed E-state index contributed by atoms with van der Waals surface area (Å²) in [4.78, 5) is 43.2. The minimum absolute atomic E-state index is 0.0417. The normalized spacial score (nSPS) is 11.5. The van der Waals surface area contributed by atoms with Gasteiger partial charge in [0.1, 0.15) is 23.4 Å². The number of aromatic nitrogens is 2. The van der Waals surface area contributed by atoms with Crippen molar-refractivity contribution in [1.82, 2.24) is 9.55 Å². The molecule has 0 fully saturated rings. The van der Waals surface area contributed by atoms with Crippen molar-refractivity contribution in [2.45, 2.75) is 52.7 Å². The first-order valence-corrected chi connectivity index (χ1v) is 10.9. The van der Waals surface area contributed by atoms with Crippen LogP contribution in [0.1, 0.15) is 49.3 Å². The molecule has 3 rings (SSSR count). The quantitative estimate of drug-likeness (QED) is 0.484. The standard InChI is InChI=1S/C25H26F2N2O5/c1-5-33-19(30)14-29-18(12-11-15-8-6-10-17(26)21(15)27)20(24(32)34-25(2,3)4)22(31)16-9-7-13-28-23(16)29/h6-10,13H,5,11-12,14H2,1-4H3. The highest BCUT2D eigenvalue weighted by Crippen LogP contribution is 2.21. The monoisotopic (exact) mass is 472 g/mol. The highest BCUT2D eigenvalue weighted by molar-refractivity contribution is 5.95. The maximum atomic E-state index is 14.3. The van der Waals surface area contributed by atoms with Crippen LogP contribution in [0, 0.1) is 11.6 Å². The second-order valence-electron chi connectivity index (χ2n) is 8.63. The van der Waals surface area contributed by atoms with Crippen LogP contribution in [0.3, 0.4) is 0 Å². The van der Waals surface area contributed by atoms with E-state index in [1.54, 1.807) is 33.8 Å². The van der Waals surface area contributed by atoms with Crippen molar-refractivity contribution in [2.75, 3.05) is 6.61 Å². The molecule has 0 aliphatic rings. The number of benzene rings is 1. The van der Waals surface area contributed by atoms with Crippen LogP contribution in [0.25, 0.3) is 11.0 Å². The molecule has 0 unspecified atom stereocenters. The molecule has 0 N–H and O–H groups in total. The van der Waals surface area contributed by atoms with Gasteiger partial charge in [0.25, 0.3) is 0 Å². The average molecular weight is 472 g/mol. The molecule has 0 spiro atoms. The Morgan fingerprint density at radius 3 is 2.50 bits per heavy atom. The van der Waals surface area contributed by atoms with E-state index in [1.807, 2.05) is 0 Å². The fourth-order valence-electron chi connectivity index (χ4n) is 3.62. The van der Waals surface area contributed by atoms with E-state index in [4.69, 9.17) is 9.47 Å². The fourth-order valence-corrected chi connectivity index (χ4v) is 3.62. The van der Waals surface area contributed by atoms with Crippen LogP contribution in [0.4, 0.5) is 8.78 Å². The lowest BCUT2D eigenvalue weighted by Gasteiger charge is -2.23. The summed E-state index contributed by atoms with van der Waals surface area (Å²) >= 11 is 0. The van der Waals surface area contributed by atoms with Crippen LogP contribution in [-0.4, -0.2) is 33.7 Å². The number of carbonyl (C=O) groups is 2. The number of ether oxygens (including phenoxy) is 2. The van der Waals surface area contributed by atoms with Gasteiger partial charge < -0.3 is 14.0 Å². The Kier molecular flexibility index (Phi) is 7.44. The molecule has 3 aromatic rings. The second-order valence-corrected chi connectivity index (χ2v) is 8.63. The molecule has 0 aliphatic carbocycles. The summed E-state index contributed by atoms with van der Waals surface area (Å²) in [6.07, 6.45) is 1.35. The molecule has 7 nitrogen and oxygen atoms in total. The molecule has 0 amide bonds. The summed E-state index contributed by atoms with van der Waals surface area (Å²) in [6.45, 7) is 6.43. The Labute approximate surface area is 195 Å². The summed E-state index contributed by atoms with van der Waals surface area (Å²) in [5, 5.41) is 0.119. The van der Waals surface area contributed by atoms with E-state index >= 15 is 0 Å². The zero-order chi connectivity index (χ0) is 25.0. The smallest absolute Gasteiger partial charge is 0.344 e. The van der Waals surface area contributed by atoms with E-state index in [0.717, 1.165) is 6.07 Å². The van der Waals surface area contributed by atoms with Crippen molar-refractivity contribution < 1.29 is 27.8 Å². The van der Waals surface area contributed by atoms with E-state index in [1.165, 1.54) is 29.0 Å². The Morgan fingerprint density at radius 1 is 1.09 bits per heavy atom. The number of nitrogens with zero attached hydrogens (tertiary/aromatic N) is 2. The van der Waals surface area contributed by atoms with Gasteiger partial charge in [-0.05, 0) is 64.3 Å². The Hall–Kier alpha value is -3.62. The molecule has 9 heteroatoms. The van der Waals surface area contributed by atoms with Gasteiger partial charge in [-0.25, -0.2) is 18.6 Å². The molecule has 0 bridgehead atoms. The lowest BCUT2D eigenvalue weighted by molar-refractivity contribution is -0.143. The van der Waals surface area contributed by atoms with Gasteiger partial charge in [-0.1, -0.05) is 12.1 Å². The van der Waals surface area contributed by atoms with E-state index in [0.29, 0.717) is 0 Å². The van der Waals surface area contributed by atoms with Crippen molar-refractivity contribution in [3.05, 3.63) is 75.2 Å². The Morgan fingerprint density at radius 2 is 1.82 bits per heavy atom. The molecule has 0 atom stereocenters. The second kappa shape index (κ2) is 10.1. The summed E-state index contributed by atoms with van der Waals surface area (Å²) in [6, 6.07) is 6.83. The number of aryl methyl sites for hydroxylation is 1. The number of halogens is 2. The largest absolute Gasteiger partial charge is 0.465 e. The van der Waals surface area contributed by atoms with E-state index in [9.17, 15) is 23.2 Å². The third-order valence-electron chi connectivity index (χ3n) is 4.99. The molecule has 2 heterocycles. The number of rotatable bonds is 7. The van der Waals surface area contributed by atoms with Crippen LogP contribution < -0.4 is 5.43 Å². The van der Waals surface area contributed by atoms with E-state index < -0.39 is 34.6 Å². The van der Waals surface area contributed by atoms with Crippen molar-refractivity contribution in [3.8, 4) is 0 Å². The van der Waals surface area contributed by atoms with Crippen LogP contribution >= 0.6 is 0 Å². The number of hydrogen-bond donors (Lipinski definition) is 0. The van der Waals surface area contributed by atoms with Crippen molar-refractivity contribution in [3.63, 3.8) is 0 Å². The van der Waals surface area contributed by atoms with Gasteiger partial charge in [-0.15, -0.1) is 0 Å². The molecule has 0 aliphatic heterocycles. The number of hydrogen-bond acceptors (Lipinski definition) is 6. The summed E-state index contributed by atoms with van der Waals surface area (Å²) in [5.74, 6) is -3.50. The van der Waals surface area contributed by atoms with E-state index in [-0.39, 0.29) is 53.8 Å². The van der Waals surface area contributed by atoms with Gasteiger partial charge >= 0.3 is 11.9 Å². The first kappa shape index (κ1) is 25.0. The van der Waals surface area contributed by atoms with Gasteiger partial charge in [-0.3, -0.25) is 9.59 Å². The van der Waals surface area contributed by atoms with E-state index in [2.05, 4.69) is 4.98 Å². The molecule has 0 saturated carbocycles. The summed E-state index contributed by atoms with van der Waals surface area (Å²) in [5.41, 5.74) is -1.44. The predicted octanol–water partition coefficient (Wildman–Crippen LogP) is 3.98. The number of carbonyl (C=O) groups excluding carboxylic acids is 2. The fraction of sp³-hybridized carbons (Fsp3) is 0.360. The summed E-state index contributed by atoms with van der Waals surface area (Å²) < 4.78 is 40.0. The number of pyridine rings is 2. The SMILES string of the molecule is CCOC(=O)Cn1c(CCc2cccc(F)c2F)c(C(=O)OC(C)(C)C)c(=O)c2cccnc21.